The quantitative estimate of drug-likeness (QED) is 0.605. The zero-order valence-electron chi connectivity index (χ0n) is 12.7. The smallest absolute Gasteiger partial charge is 0.274 e. The Morgan fingerprint density at radius 1 is 1.20 bits per heavy atom. The second-order valence-electron chi connectivity index (χ2n) is 5.11. The first kappa shape index (κ1) is 14.6. The highest BCUT2D eigenvalue weighted by Crippen LogP contribution is 2.30. The third-order valence-electron chi connectivity index (χ3n) is 2.91. The first-order valence-electron chi connectivity index (χ1n) is 6.66. The van der Waals surface area contributed by atoms with Crippen LogP contribution in [0, 0.1) is 13.8 Å². The molecule has 1 aromatic heterocycles. The van der Waals surface area contributed by atoms with E-state index in [1.807, 2.05) is 38.1 Å². The van der Waals surface area contributed by atoms with Crippen LogP contribution in [0.15, 0.2) is 39.9 Å². The van der Waals surface area contributed by atoms with E-state index in [2.05, 4.69) is 25.0 Å². The fourth-order valence-corrected chi connectivity index (χ4v) is 2.59. The molecule has 0 saturated heterocycles. The Morgan fingerprint density at radius 2 is 1.95 bits per heavy atom. The lowest BCUT2D eigenvalue weighted by atomic mass is 10.2. The van der Waals surface area contributed by atoms with Crippen molar-refractivity contribution in [1.82, 2.24) is 0 Å². The van der Waals surface area contributed by atoms with E-state index in [0.29, 0.717) is 0 Å². The Kier molecular flexibility index (Phi) is 4.45. The summed E-state index contributed by atoms with van der Waals surface area (Å²) < 4.78 is 11.4. The Hall–Kier alpha value is -1.81. The maximum absolute atomic E-state index is 5.94. The van der Waals surface area contributed by atoms with Crippen molar-refractivity contribution in [1.29, 1.82) is 0 Å². The van der Waals surface area contributed by atoms with Crippen molar-refractivity contribution >= 4 is 20.4 Å². The Morgan fingerprint density at radius 3 is 2.55 bits per heavy atom. The van der Waals surface area contributed by atoms with Crippen molar-refractivity contribution in [3.63, 3.8) is 0 Å². The molecular formula is C16H20NO2Si. The van der Waals surface area contributed by atoms with Crippen molar-refractivity contribution in [3.8, 4) is 5.75 Å². The predicted molar refractivity (Wildman–Crippen MR) is 84.6 cm³/mol. The highest BCUT2D eigenvalue weighted by molar-refractivity contribution is 6.49. The number of aryl methyl sites for hydroxylation is 2. The molecule has 0 atom stereocenters. The highest BCUT2D eigenvalue weighted by atomic mass is 28.3. The molecule has 20 heavy (non-hydrogen) atoms. The van der Waals surface area contributed by atoms with Crippen LogP contribution in [0.4, 0.5) is 5.69 Å². The average molecular weight is 286 g/mol. The lowest BCUT2D eigenvalue weighted by Crippen LogP contribution is -2.11. The Bertz CT molecular complexity index is 629. The van der Waals surface area contributed by atoms with E-state index in [9.17, 15) is 0 Å². The second kappa shape index (κ2) is 6.09. The summed E-state index contributed by atoms with van der Waals surface area (Å²) in [6.07, 6.45) is 1.69. The monoisotopic (exact) mass is 286 g/mol. The normalized spacial score (nSPS) is 12.0. The summed E-state index contributed by atoms with van der Waals surface area (Å²) >= 11 is 0. The first-order chi connectivity index (χ1) is 9.47. The summed E-state index contributed by atoms with van der Waals surface area (Å²) in [6.45, 7) is 10.3. The van der Waals surface area contributed by atoms with Crippen molar-refractivity contribution in [2.45, 2.75) is 33.9 Å². The van der Waals surface area contributed by atoms with Crippen molar-refractivity contribution in [3.05, 3.63) is 47.4 Å². The van der Waals surface area contributed by atoms with Gasteiger partial charge in [-0.1, -0.05) is 6.07 Å². The van der Waals surface area contributed by atoms with Crippen LogP contribution in [0.3, 0.4) is 0 Å². The van der Waals surface area contributed by atoms with E-state index < -0.39 is 9.04 Å². The van der Waals surface area contributed by atoms with Gasteiger partial charge in [-0.15, -0.1) is 0 Å². The minimum absolute atomic E-state index is 0.815. The molecule has 4 heteroatoms. The molecule has 0 bridgehead atoms. The van der Waals surface area contributed by atoms with Gasteiger partial charge in [-0.25, -0.2) is 4.99 Å². The number of benzene rings is 1. The van der Waals surface area contributed by atoms with E-state index >= 15 is 0 Å². The lowest BCUT2D eigenvalue weighted by Gasteiger charge is -2.12. The molecule has 1 radical (unpaired) electrons. The van der Waals surface area contributed by atoms with E-state index in [-0.39, 0.29) is 0 Å². The van der Waals surface area contributed by atoms with E-state index in [1.165, 1.54) is 5.56 Å². The van der Waals surface area contributed by atoms with Gasteiger partial charge in [0.25, 0.3) is 9.04 Å². The van der Waals surface area contributed by atoms with Gasteiger partial charge in [-0.3, -0.25) is 0 Å². The van der Waals surface area contributed by atoms with Gasteiger partial charge in [0, 0.05) is 0 Å². The van der Waals surface area contributed by atoms with Crippen LogP contribution in [0.25, 0.3) is 0 Å². The molecule has 105 valence electrons. The molecule has 1 aromatic carbocycles. The van der Waals surface area contributed by atoms with Gasteiger partial charge in [0.05, 0.1) is 12.0 Å². The fraction of sp³-hybridized carbons (Fsp3) is 0.312. The van der Waals surface area contributed by atoms with Crippen LogP contribution in [-0.4, -0.2) is 14.8 Å². The summed E-state index contributed by atoms with van der Waals surface area (Å²) in [5.74, 6) is 1.68. The molecule has 0 N–H and O–H groups in total. The van der Waals surface area contributed by atoms with Gasteiger partial charge in [0.2, 0.25) is 0 Å². The number of aliphatic imine (C=N–C) groups is 1. The molecule has 0 aliphatic heterocycles. The molecule has 0 amide bonds. The van der Waals surface area contributed by atoms with E-state index in [4.69, 9.17) is 8.84 Å². The first-order valence-corrected chi connectivity index (χ1v) is 9.06. The van der Waals surface area contributed by atoms with Crippen LogP contribution in [0.1, 0.15) is 23.8 Å². The van der Waals surface area contributed by atoms with Crippen LogP contribution in [-0.2, 0) is 0 Å². The topological polar surface area (TPSA) is 34.7 Å². The molecule has 0 spiro atoms. The maximum atomic E-state index is 5.94. The Labute approximate surface area is 122 Å². The number of hydrogen-bond acceptors (Lipinski definition) is 3. The summed E-state index contributed by atoms with van der Waals surface area (Å²) in [5.41, 5.74) is 3.99. The maximum Gasteiger partial charge on any atom is 0.274 e. The third-order valence-corrected chi connectivity index (χ3v) is 3.54. The number of furan rings is 1. The fourth-order valence-electron chi connectivity index (χ4n) is 1.99. The zero-order chi connectivity index (χ0) is 14.7. The zero-order valence-corrected chi connectivity index (χ0v) is 13.7. The van der Waals surface area contributed by atoms with Gasteiger partial charge >= 0.3 is 0 Å². The average Bonchev–Trinajstić information content (AvgIpc) is 2.78. The van der Waals surface area contributed by atoms with Crippen LogP contribution in [0.5, 0.6) is 5.75 Å². The lowest BCUT2D eigenvalue weighted by molar-refractivity contribution is 0.555. The van der Waals surface area contributed by atoms with Crippen LogP contribution >= 0.6 is 0 Å². The van der Waals surface area contributed by atoms with Gasteiger partial charge < -0.3 is 8.84 Å². The van der Waals surface area contributed by atoms with Crippen LogP contribution < -0.4 is 4.43 Å². The molecule has 0 aliphatic carbocycles. The molecule has 2 rings (SSSR count). The largest absolute Gasteiger partial charge is 0.541 e. The molecule has 1 heterocycles. The minimum atomic E-state index is -0.815. The Balaban J connectivity index is 2.40. The molecule has 0 aliphatic rings. The molecule has 3 nitrogen and oxygen atoms in total. The van der Waals surface area contributed by atoms with Gasteiger partial charge in [-0.2, -0.15) is 0 Å². The number of hydrogen-bond donors (Lipinski definition) is 0. The molecule has 0 saturated carbocycles. The second-order valence-corrected chi connectivity index (χ2v) is 7.13. The van der Waals surface area contributed by atoms with Crippen molar-refractivity contribution in [2.75, 3.05) is 0 Å². The van der Waals surface area contributed by atoms with Crippen LogP contribution in [0.2, 0.25) is 13.1 Å². The molecular weight excluding hydrogens is 266 g/mol. The van der Waals surface area contributed by atoms with Gasteiger partial charge in [0.15, 0.2) is 5.76 Å². The minimum Gasteiger partial charge on any atom is -0.541 e. The number of rotatable bonds is 4. The van der Waals surface area contributed by atoms with E-state index in [0.717, 1.165) is 28.5 Å². The molecule has 0 unspecified atom stereocenters. The summed E-state index contributed by atoms with van der Waals surface area (Å²) in [7, 11) is -0.815. The third kappa shape index (κ3) is 3.39. The van der Waals surface area contributed by atoms with Gasteiger partial charge in [-0.05, 0) is 63.2 Å². The summed E-state index contributed by atoms with van der Waals surface area (Å²) in [6, 6.07) is 8.03. The highest BCUT2D eigenvalue weighted by Gasteiger charge is 2.10. The number of nitrogens with zero attached hydrogens (tertiary/aromatic N) is 1. The van der Waals surface area contributed by atoms with Crippen molar-refractivity contribution in [2.24, 2.45) is 4.99 Å². The summed E-state index contributed by atoms with van der Waals surface area (Å²) in [5, 5.41) is 0. The van der Waals surface area contributed by atoms with Crippen molar-refractivity contribution < 1.29 is 8.84 Å². The molecule has 2 aromatic rings. The SMILES string of the molecule is CC(=Nc1ccc(C)cc1O[Si](C)C)c1occc1C. The predicted octanol–water partition coefficient (Wildman–Crippen LogP) is 4.67. The van der Waals surface area contributed by atoms with E-state index in [1.54, 1.807) is 6.26 Å². The molecule has 0 fully saturated rings. The van der Waals surface area contributed by atoms with Gasteiger partial charge in [0.1, 0.15) is 11.4 Å². The standard InChI is InChI=1S/C16H20NO2Si/c1-11-6-7-14(15(10-11)19-20(4)5)17-13(3)16-12(2)8-9-18-16/h6-10H,1-5H3. The summed E-state index contributed by atoms with van der Waals surface area (Å²) in [4.78, 5) is 4.67.